The molecule has 1 aromatic carbocycles. The topological polar surface area (TPSA) is 87.7 Å². The predicted octanol–water partition coefficient (Wildman–Crippen LogP) is 4.38. The summed E-state index contributed by atoms with van der Waals surface area (Å²) in [5.41, 5.74) is 0.523. The van der Waals surface area contributed by atoms with Gasteiger partial charge in [-0.15, -0.1) is 22.7 Å². The first kappa shape index (κ1) is 24.0. The third kappa shape index (κ3) is 5.66. The van der Waals surface area contributed by atoms with Gasteiger partial charge in [-0.25, -0.2) is 0 Å². The molecule has 1 unspecified atom stereocenters. The second-order valence-corrected chi connectivity index (χ2v) is 9.96. The van der Waals surface area contributed by atoms with Crippen LogP contribution in [0.25, 0.3) is 0 Å². The summed E-state index contributed by atoms with van der Waals surface area (Å²) in [6.07, 6.45) is 4.05. The summed E-state index contributed by atoms with van der Waals surface area (Å²) in [6, 6.07) is 13.5. The van der Waals surface area contributed by atoms with Gasteiger partial charge in [0.25, 0.3) is 5.91 Å². The van der Waals surface area contributed by atoms with E-state index in [9.17, 15) is 14.4 Å². The standard InChI is InChI=1S/C25H27N3O4S2/c1-32-19-10-4-9-18(15-19)28(22(29)16-26-24(30)21-12-6-14-34-21)23(20-11-5-13-33-20)25(31)27-17-7-2-3-8-17/h4-6,9-15,17,23H,2-3,7-8,16H2,1H3,(H,26,30)(H,27,31). The average Bonchev–Trinajstić information content (AvgIpc) is 3.64. The molecule has 0 saturated heterocycles. The molecule has 9 heteroatoms. The number of nitrogens with zero attached hydrogens (tertiary/aromatic N) is 1. The minimum absolute atomic E-state index is 0.107. The zero-order chi connectivity index (χ0) is 23.9. The quantitative estimate of drug-likeness (QED) is 0.459. The second kappa shape index (κ2) is 11.3. The van der Waals surface area contributed by atoms with Crippen LogP contribution in [0.2, 0.25) is 0 Å². The summed E-state index contributed by atoms with van der Waals surface area (Å²) in [5.74, 6) is -0.371. The Morgan fingerprint density at radius 2 is 1.82 bits per heavy atom. The SMILES string of the molecule is COc1cccc(N(C(=O)CNC(=O)c2cccs2)C(C(=O)NC2CCCC2)c2cccs2)c1. The number of hydrogen-bond donors (Lipinski definition) is 2. The van der Waals surface area contributed by atoms with Gasteiger partial charge in [-0.05, 0) is 47.9 Å². The van der Waals surface area contributed by atoms with Crippen LogP contribution >= 0.6 is 22.7 Å². The van der Waals surface area contributed by atoms with Gasteiger partial charge in [-0.1, -0.05) is 31.0 Å². The number of anilines is 1. The molecule has 7 nitrogen and oxygen atoms in total. The van der Waals surface area contributed by atoms with E-state index in [4.69, 9.17) is 4.74 Å². The van der Waals surface area contributed by atoms with Gasteiger partial charge >= 0.3 is 0 Å². The molecule has 0 bridgehead atoms. The van der Waals surface area contributed by atoms with Crippen molar-refractivity contribution in [2.45, 2.75) is 37.8 Å². The molecule has 178 valence electrons. The molecule has 2 heterocycles. The van der Waals surface area contributed by atoms with Crippen LogP contribution in [-0.4, -0.2) is 37.4 Å². The van der Waals surface area contributed by atoms with Crippen LogP contribution in [0.15, 0.2) is 59.3 Å². The molecule has 3 aromatic rings. The second-order valence-electron chi connectivity index (χ2n) is 8.03. The third-order valence-electron chi connectivity index (χ3n) is 5.77. The van der Waals surface area contributed by atoms with E-state index < -0.39 is 11.9 Å². The van der Waals surface area contributed by atoms with Gasteiger partial charge in [0.15, 0.2) is 0 Å². The molecule has 34 heavy (non-hydrogen) atoms. The van der Waals surface area contributed by atoms with E-state index in [0.29, 0.717) is 16.3 Å². The molecule has 3 amide bonds. The first-order valence-corrected chi connectivity index (χ1v) is 12.9. The van der Waals surface area contributed by atoms with Crippen molar-refractivity contribution in [1.29, 1.82) is 0 Å². The summed E-state index contributed by atoms with van der Waals surface area (Å²) >= 11 is 2.72. The molecule has 2 N–H and O–H groups in total. The number of methoxy groups -OCH3 is 1. The largest absolute Gasteiger partial charge is 0.497 e. The summed E-state index contributed by atoms with van der Waals surface area (Å²) in [4.78, 5) is 42.4. The van der Waals surface area contributed by atoms with E-state index in [2.05, 4.69) is 10.6 Å². The van der Waals surface area contributed by atoms with Crippen LogP contribution in [0.5, 0.6) is 5.75 Å². The lowest BCUT2D eigenvalue weighted by Crippen LogP contribution is -2.48. The van der Waals surface area contributed by atoms with Gasteiger partial charge in [0, 0.05) is 22.7 Å². The normalized spacial score (nSPS) is 14.4. The van der Waals surface area contributed by atoms with E-state index in [0.717, 1.165) is 30.6 Å². The highest BCUT2D eigenvalue weighted by Crippen LogP contribution is 2.33. The number of carbonyl (C=O) groups excluding carboxylic acids is 3. The van der Waals surface area contributed by atoms with Crippen molar-refractivity contribution in [3.05, 3.63) is 69.0 Å². The highest BCUT2D eigenvalue weighted by Gasteiger charge is 2.35. The number of rotatable bonds is 9. The van der Waals surface area contributed by atoms with Crippen LogP contribution in [0.4, 0.5) is 5.69 Å². The summed E-state index contributed by atoms with van der Waals surface area (Å²) in [5, 5.41) is 9.53. The van der Waals surface area contributed by atoms with Crippen molar-refractivity contribution < 1.29 is 19.1 Å². The fourth-order valence-electron chi connectivity index (χ4n) is 4.10. The van der Waals surface area contributed by atoms with Crippen molar-refractivity contribution in [3.63, 3.8) is 0 Å². The molecule has 1 atom stereocenters. The van der Waals surface area contributed by atoms with Gasteiger partial charge in [-0.2, -0.15) is 0 Å². The minimum atomic E-state index is -0.862. The van der Waals surface area contributed by atoms with Crippen LogP contribution in [0, 0.1) is 0 Å². The number of thiophene rings is 2. The van der Waals surface area contributed by atoms with Gasteiger partial charge < -0.3 is 15.4 Å². The Morgan fingerprint density at radius 3 is 2.50 bits per heavy atom. The number of benzene rings is 1. The van der Waals surface area contributed by atoms with Crippen LogP contribution in [-0.2, 0) is 9.59 Å². The van der Waals surface area contributed by atoms with E-state index in [1.54, 1.807) is 48.9 Å². The monoisotopic (exact) mass is 497 g/mol. The molecule has 0 aliphatic heterocycles. The third-order valence-corrected chi connectivity index (χ3v) is 7.56. The zero-order valence-corrected chi connectivity index (χ0v) is 20.5. The summed E-state index contributed by atoms with van der Waals surface area (Å²) < 4.78 is 5.37. The van der Waals surface area contributed by atoms with Crippen molar-refractivity contribution >= 4 is 46.1 Å². The molecule has 0 radical (unpaired) electrons. The number of hydrogen-bond acceptors (Lipinski definition) is 6. The molecule has 2 aromatic heterocycles. The molecular weight excluding hydrogens is 470 g/mol. The van der Waals surface area contributed by atoms with E-state index >= 15 is 0 Å². The number of ether oxygens (including phenoxy) is 1. The van der Waals surface area contributed by atoms with Crippen LogP contribution in [0.1, 0.15) is 46.3 Å². The Bertz CT molecular complexity index is 1110. The van der Waals surface area contributed by atoms with E-state index in [1.807, 2.05) is 17.5 Å². The Hall–Kier alpha value is -3.17. The molecule has 1 aliphatic carbocycles. The summed E-state index contributed by atoms with van der Waals surface area (Å²) in [7, 11) is 1.55. The van der Waals surface area contributed by atoms with Crippen molar-refractivity contribution in [2.75, 3.05) is 18.6 Å². The Labute approximate surface area is 206 Å². The van der Waals surface area contributed by atoms with E-state index in [-0.39, 0.29) is 24.4 Å². The maximum Gasteiger partial charge on any atom is 0.261 e. The fraction of sp³-hybridized carbons (Fsp3) is 0.320. The van der Waals surface area contributed by atoms with Crippen molar-refractivity contribution in [2.24, 2.45) is 0 Å². The Balaban J connectivity index is 1.65. The maximum atomic E-state index is 13.6. The van der Waals surface area contributed by atoms with Gasteiger partial charge in [0.1, 0.15) is 11.8 Å². The molecule has 1 saturated carbocycles. The predicted molar refractivity (Wildman–Crippen MR) is 135 cm³/mol. The minimum Gasteiger partial charge on any atom is -0.497 e. The van der Waals surface area contributed by atoms with Crippen LogP contribution < -0.4 is 20.3 Å². The first-order chi connectivity index (χ1) is 16.6. The number of nitrogens with one attached hydrogen (secondary N) is 2. The molecule has 1 aliphatic rings. The molecule has 0 spiro atoms. The zero-order valence-electron chi connectivity index (χ0n) is 18.9. The van der Waals surface area contributed by atoms with Gasteiger partial charge in [0.2, 0.25) is 11.8 Å². The maximum absolute atomic E-state index is 13.6. The smallest absolute Gasteiger partial charge is 0.261 e. The van der Waals surface area contributed by atoms with Crippen LogP contribution in [0.3, 0.4) is 0 Å². The van der Waals surface area contributed by atoms with Crippen molar-refractivity contribution in [3.8, 4) is 5.75 Å². The highest BCUT2D eigenvalue weighted by atomic mass is 32.1. The number of carbonyl (C=O) groups is 3. The lowest BCUT2D eigenvalue weighted by molar-refractivity contribution is -0.126. The Kier molecular flexibility index (Phi) is 7.97. The lowest BCUT2D eigenvalue weighted by Gasteiger charge is -2.31. The average molecular weight is 498 g/mol. The van der Waals surface area contributed by atoms with Gasteiger partial charge in [0.05, 0.1) is 18.5 Å². The molecule has 4 rings (SSSR count). The Morgan fingerprint density at radius 1 is 1.06 bits per heavy atom. The van der Waals surface area contributed by atoms with Gasteiger partial charge in [-0.3, -0.25) is 19.3 Å². The molecular formula is C25H27N3O4S2. The van der Waals surface area contributed by atoms with E-state index in [1.165, 1.54) is 27.6 Å². The fourth-order valence-corrected chi connectivity index (χ4v) is 5.56. The molecule has 1 fully saturated rings. The van der Waals surface area contributed by atoms with Crippen molar-refractivity contribution in [1.82, 2.24) is 10.6 Å². The first-order valence-electron chi connectivity index (χ1n) is 11.2. The number of amides is 3. The lowest BCUT2D eigenvalue weighted by atomic mass is 10.1. The highest BCUT2D eigenvalue weighted by molar-refractivity contribution is 7.12. The summed E-state index contributed by atoms with van der Waals surface area (Å²) in [6.45, 7) is -0.244.